The van der Waals surface area contributed by atoms with Crippen molar-refractivity contribution in [1.82, 2.24) is 38.7 Å². The number of pyridine rings is 2. The summed E-state index contributed by atoms with van der Waals surface area (Å²) in [5.41, 5.74) is -13.8. The molecule has 6 rings (SSSR count). The molecule has 0 atom stereocenters. The summed E-state index contributed by atoms with van der Waals surface area (Å²) in [5.74, 6) is -2.32. The van der Waals surface area contributed by atoms with E-state index in [9.17, 15) is 71.1 Å². The van der Waals surface area contributed by atoms with Crippen molar-refractivity contribution in [2.75, 3.05) is 14.2 Å². The third kappa shape index (κ3) is 8.93. The van der Waals surface area contributed by atoms with Gasteiger partial charge in [0.15, 0.2) is 5.82 Å². The number of halogens is 17. The Morgan fingerprint density at radius 3 is 1.35 bits per heavy atom. The molecule has 0 fully saturated rings. The molecule has 6 aromatic rings. The molecule has 0 spiro atoms. The van der Waals surface area contributed by atoms with E-state index < -0.39 is 70.2 Å². The van der Waals surface area contributed by atoms with Crippen LogP contribution in [0.2, 0.25) is 15.3 Å². The first-order chi connectivity index (χ1) is 29.8. The van der Waals surface area contributed by atoms with Crippen LogP contribution in [0, 0.1) is 0 Å². The van der Waals surface area contributed by atoms with Gasteiger partial charge < -0.3 is 18.6 Å². The highest BCUT2D eigenvalue weighted by molar-refractivity contribution is 6.33. The number of rotatable bonds is 8. The van der Waals surface area contributed by atoms with E-state index in [2.05, 4.69) is 29.6 Å². The van der Waals surface area contributed by atoms with Crippen LogP contribution in [0.3, 0.4) is 0 Å². The van der Waals surface area contributed by atoms with Crippen molar-refractivity contribution in [2.24, 2.45) is 14.1 Å². The van der Waals surface area contributed by atoms with Crippen molar-refractivity contribution in [3.63, 3.8) is 0 Å². The average Bonchev–Trinajstić information content (AvgIpc) is 4.02. The van der Waals surface area contributed by atoms with E-state index in [0.717, 1.165) is 43.7 Å². The summed E-state index contributed by atoms with van der Waals surface area (Å²) in [6.07, 6.45) is -17.8. The largest absolute Gasteiger partial charge is 0.465 e. The van der Waals surface area contributed by atoms with Gasteiger partial charge in [0, 0.05) is 61.1 Å². The summed E-state index contributed by atoms with van der Waals surface area (Å²) in [5, 5.41) is 6.84. The lowest BCUT2D eigenvalue weighted by molar-refractivity contribution is -0.351. The molecule has 0 amide bonds. The van der Waals surface area contributed by atoms with Gasteiger partial charge >= 0.3 is 48.0 Å². The van der Waals surface area contributed by atoms with Crippen LogP contribution in [-0.2, 0) is 34.9 Å². The minimum atomic E-state index is -6.31. The number of carbonyl (C=O) groups is 2. The number of aromatic nitrogens is 8. The number of esters is 2. The van der Waals surface area contributed by atoms with Crippen LogP contribution in [0.1, 0.15) is 32.1 Å². The Morgan fingerprint density at radius 2 is 0.938 bits per heavy atom. The predicted octanol–water partition coefficient (Wildman–Crippen LogP) is 10.7. The molecule has 6 aromatic heterocycles. The highest BCUT2D eigenvalue weighted by Crippen LogP contribution is 2.55. The number of carbonyl (C=O) groups excluding carboxylic acids is 2. The monoisotopic (exact) mass is 1000 g/mol. The van der Waals surface area contributed by atoms with Crippen molar-refractivity contribution in [1.29, 1.82) is 0 Å². The zero-order valence-electron chi connectivity index (χ0n) is 32.5. The first-order valence-electron chi connectivity index (χ1n) is 17.1. The second-order valence-corrected chi connectivity index (χ2v) is 14.3. The number of nitrogens with zero attached hydrogens (tertiary/aromatic N) is 8. The van der Waals surface area contributed by atoms with Gasteiger partial charge in [-0.05, 0) is 30.3 Å². The normalized spacial score (nSPS) is 12.8. The van der Waals surface area contributed by atoms with Crippen LogP contribution in [-0.4, -0.2) is 89.5 Å². The van der Waals surface area contributed by atoms with Crippen LogP contribution in [0.15, 0.2) is 67.5 Å². The Bertz CT molecular complexity index is 2730. The molecule has 0 unspecified atom stereocenters. The topological polar surface area (TPSA) is 124 Å². The summed E-state index contributed by atoms with van der Waals surface area (Å²) in [6, 6.07) is 4.09. The molecular formula is C36H23Cl3F14N8O4. The number of hydrogen-bond donors (Lipinski definition) is 0. The molecule has 0 aliphatic rings. The van der Waals surface area contributed by atoms with Crippen molar-refractivity contribution in [3.8, 4) is 33.9 Å². The standard InChI is InChI=1S/C18H11Cl2F7N4O2.C18H12ClF7N4O2/c1-30-12(16(21,17(22,23)24)18(25,26)27)4-11(19)14(30)31-7-9(6-29-31)8-3-10(15(32)33-2)13(20)28-5-8;1-29-12(16(20,17(21,22)23)18(24,25)26)3-4-13(29)30-8-10(7-28-30)9-5-11(15(31)32-2)14(19)27-6-9/h3-7H,1-2H3;3-8H,1-2H3. The molecule has 0 aromatic carbocycles. The molecule has 0 saturated carbocycles. The minimum absolute atomic E-state index is 0.0712. The lowest BCUT2D eigenvalue weighted by Crippen LogP contribution is -2.51. The lowest BCUT2D eigenvalue weighted by Gasteiger charge is -2.30. The molecule has 350 valence electrons. The number of hydrogen-bond acceptors (Lipinski definition) is 8. The van der Waals surface area contributed by atoms with Gasteiger partial charge in [0.1, 0.15) is 16.1 Å². The van der Waals surface area contributed by atoms with Gasteiger partial charge in [0.05, 0.1) is 54.2 Å². The Hall–Kier alpha value is -5.89. The fourth-order valence-corrected chi connectivity index (χ4v) is 6.71. The Labute approximate surface area is 368 Å². The highest BCUT2D eigenvalue weighted by atomic mass is 35.5. The van der Waals surface area contributed by atoms with E-state index in [1.54, 1.807) is 0 Å². The van der Waals surface area contributed by atoms with Gasteiger partial charge in [-0.25, -0.2) is 37.7 Å². The number of ether oxygens (including phenoxy) is 2. The van der Waals surface area contributed by atoms with Crippen molar-refractivity contribution in [2.45, 2.75) is 36.0 Å². The van der Waals surface area contributed by atoms with E-state index in [-0.39, 0.29) is 44.4 Å². The highest BCUT2D eigenvalue weighted by Gasteiger charge is 2.76. The predicted molar refractivity (Wildman–Crippen MR) is 199 cm³/mol. The fourth-order valence-electron chi connectivity index (χ4n) is 6.03. The van der Waals surface area contributed by atoms with E-state index >= 15 is 0 Å². The molecule has 0 bridgehead atoms. The van der Waals surface area contributed by atoms with Crippen LogP contribution < -0.4 is 0 Å². The molecule has 0 radical (unpaired) electrons. The smallest absolute Gasteiger partial charge is 0.437 e. The molecule has 0 aliphatic heterocycles. The molecular weight excluding hydrogens is 981 g/mol. The average molecular weight is 1000 g/mol. The van der Waals surface area contributed by atoms with Crippen LogP contribution in [0.4, 0.5) is 61.5 Å². The van der Waals surface area contributed by atoms with Gasteiger partial charge in [-0.3, -0.25) is 0 Å². The van der Waals surface area contributed by atoms with E-state index in [1.807, 2.05) is 0 Å². The first kappa shape index (κ1) is 50.1. The second kappa shape index (κ2) is 17.5. The summed E-state index contributed by atoms with van der Waals surface area (Å²) in [4.78, 5) is 31.2. The molecule has 65 heavy (non-hydrogen) atoms. The van der Waals surface area contributed by atoms with Crippen LogP contribution in [0.25, 0.3) is 33.9 Å². The Morgan fingerprint density at radius 1 is 0.538 bits per heavy atom. The third-order valence-corrected chi connectivity index (χ3v) is 10.2. The van der Waals surface area contributed by atoms with E-state index in [1.165, 1.54) is 49.3 Å². The first-order valence-corrected chi connectivity index (χ1v) is 18.2. The number of alkyl halides is 14. The Kier molecular flexibility index (Phi) is 13.5. The molecule has 29 heteroatoms. The molecule has 6 heterocycles. The second-order valence-electron chi connectivity index (χ2n) is 13.2. The van der Waals surface area contributed by atoms with Crippen molar-refractivity contribution >= 4 is 46.7 Å². The van der Waals surface area contributed by atoms with Gasteiger partial charge in [-0.1, -0.05) is 34.8 Å². The molecule has 0 saturated heterocycles. The third-order valence-electron chi connectivity index (χ3n) is 9.29. The summed E-state index contributed by atoms with van der Waals surface area (Å²) >= 11 is 17.6. The quantitative estimate of drug-likeness (QED) is 0.0839. The maximum Gasteiger partial charge on any atom is 0.437 e. The number of methoxy groups -OCH3 is 2. The maximum absolute atomic E-state index is 14.5. The van der Waals surface area contributed by atoms with Gasteiger partial charge in [0.25, 0.3) is 0 Å². The maximum atomic E-state index is 14.5. The van der Waals surface area contributed by atoms with Gasteiger partial charge in [-0.2, -0.15) is 62.9 Å². The van der Waals surface area contributed by atoms with E-state index in [0.29, 0.717) is 26.3 Å². The molecule has 12 nitrogen and oxygen atoms in total. The van der Waals surface area contributed by atoms with Crippen LogP contribution in [0.5, 0.6) is 0 Å². The molecule has 0 N–H and O–H groups in total. The molecule has 0 aliphatic carbocycles. The van der Waals surface area contributed by atoms with Gasteiger partial charge in [-0.15, -0.1) is 0 Å². The van der Waals surface area contributed by atoms with E-state index in [4.69, 9.17) is 34.8 Å². The minimum Gasteiger partial charge on any atom is -0.465 e. The summed E-state index contributed by atoms with van der Waals surface area (Å²) in [7, 11) is 3.87. The fraction of sp³-hybridized carbons (Fsp3) is 0.278. The summed E-state index contributed by atoms with van der Waals surface area (Å²) < 4.78 is 198. The Balaban J connectivity index is 0.000000244. The van der Waals surface area contributed by atoms with Crippen molar-refractivity contribution < 1.29 is 80.5 Å². The zero-order valence-corrected chi connectivity index (χ0v) is 34.8. The summed E-state index contributed by atoms with van der Waals surface area (Å²) in [6.45, 7) is 0. The SMILES string of the molecule is COC(=O)c1cc(-c2cnn(-c3c(Cl)cc(C(F)(C(F)(F)F)C(F)(F)F)n3C)c2)cnc1Cl.COC(=O)c1cc(-c2cnn(-c3ccc(C(F)(C(F)(F)F)C(F)(F)F)n3C)c2)cnc1Cl. The van der Waals surface area contributed by atoms with Gasteiger partial charge in [0.2, 0.25) is 0 Å². The van der Waals surface area contributed by atoms with Crippen molar-refractivity contribution in [3.05, 3.63) is 105 Å². The van der Waals surface area contributed by atoms with Crippen LogP contribution >= 0.6 is 34.8 Å². The lowest BCUT2D eigenvalue weighted by atomic mass is 10.0. The zero-order chi connectivity index (χ0) is 49.0.